The van der Waals surface area contributed by atoms with E-state index in [0.717, 1.165) is 37.7 Å². The predicted octanol–water partition coefficient (Wildman–Crippen LogP) is 5.74. The van der Waals surface area contributed by atoms with Gasteiger partial charge in [-0.05, 0) is 91.3 Å². The number of aliphatic hydroxyl groups excluding tert-OH is 2. The van der Waals surface area contributed by atoms with Gasteiger partial charge in [-0.3, -0.25) is 4.79 Å². The molecular formula is C29H44O4. The molecular weight excluding hydrogens is 412 g/mol. The molecule has 5 aliphatic rings. The number of hydrogen-bond acceptors (Lipinski definition) is 3. The molecule has 184 valence electrons. The van der Waals surface area contributed by atoms with E-state index in [4.69, 9.17) is 0 Å². The number of fused-ring (bicyclic) bond motifs is 7. The Balaban J connectivity index is 1.62. The predicted molar refractivity (Wildman–Crippen MR) is 129 cm³/mol. The fourth-order valence-corrected chi connectivity index (χ4v) is 10.4. The van der Waals surface area contributed by atoms with Crippen LogP contribution in [0, 0.1) is 44.8 Å². The van der Waals surface area contributed by atoms with Crippen LogP contribution >= 0.6 is 0 Å². The minimum atomic E-state index is -1.07. The molecule has 4 heteroatoms. The Bertz CT molecular complexity index is 907. The molecule has 33 heavy (non-hydrogen) atoms. The minimum absolute atomic E-state index is 0.00905. The summed E-state index contributed by atoms with van der Waals surface area (Å²) < 4.78 is 0. The van der Waals surface area contributed by atoms with Crippen LogP contribution < -0.4 is 0 Å². The van der Waals surface area contributed by atoms with Gasteiger partial charge in [0.15, 0.2) is 0 Å². The highest BCUT2D eigenvalue weighted by Gasteiger charge is 2.70. The van der Waals surface area contributed by atoms with Gasteiger partial charge in [-0.1, -0.05) is 57.9 Å². The zero-order valence-electron chi connectivity index (χ0n) is 21.1. The summed E-state index contributed by atoms with van der Waals surface area (Å²) in [7, 11) is 0. The Morgan fingerprint density at radius 3 is 2.52 bits per heavy atom. The third kappa shape index (κ3) is 2.74. The van der Waals surface area contributed by atoms with Crippen LogP contribution in [0.2, 0.25) is 0 Å². The molecule has 4 fully saturated rings. The molecule has 0 aromatic heterocycles. The lowest BCUT2D eigenvalue weighted by atomic mass is 9.33. The van der Waals surface area contributed by atoms with E-state index in [1.54, 1.807) is 0 Å². The largest absolute Gasteiger partial charge is 0.481 e. The molecule has 4 saturated carbocycles. The summed E-state index contributed by atoms with van der Waals surface area (Å²) in [4.78, 5) is 12.7. The average molecular weight is 457 g/mol. The van der Waals surface area contributed by atoms with Crippen LogP contribution in [0.1, 0.15) is 91.9 Å². The van der Waals surface area contributed by atoms with Crippen LogP contribution in [-0.2, 0) is 4.79 Å². The van der Waals surface area contributed by atoms with Crippen LogP contribution in [0.4, 0.5) is 0 Å². The number of rotatable bonds is 2. The Morgan fingerprint density at radius 1 is 1.12 bits per heavy atom. The number of aliphatic hydroxyl groups is 2. The van der Waals surface area contributed by atoms with Crippen LogP contribution in [-0.4, -0.2) is 34.0 Å². The van der Waals surface area contributed by atoms with Crippen molar-refractivity contribution >= 4 is 5.97 Å². The van der Waals surface area contributed by atoms with E-state index in [2.05, 4.69) is 40.3 Å². The van der Waals surface area contributed by atoms with Crippen LogP contribution in [0.25, 0.3) is 0 Å². The summed E-state index contributed by atoms with van der Waals surface area (Å²) in [5.74, 6) is 0.0215. The molecule has 0 aromatic carbocycles. The molecule has 0 aliphatic heterocycles. The van der Waals surface area contributed by atoms with Crippen molar-refractivity contribution in [2.24, 2.45) is 44.8 Å². The molecule has 0 radical (unpaired) electrons. The van der Waals surface area contributed by atoms with E-state index in [-0.39, 0.29) is 34.2 Å². The molecule has 9 atom stereocenters. The third-order valence-electron chi connectivity index (χ3n) is 12.4. The smallest absolute Gasteiger partial charge is 0.312 e. The maximum absolute atomic E-state index is 12.7. The van der Waals surface area contributed by atoms with Crippen molar-refractivity contribution in [3.63, 3.8) is 0 Å². The fourth-order valence-electron chi connectivity index (χ4n) is 10.4. The van der Waals surface area contributed by atoms with E-state index < -0.39 is 17.5 Å². The third-order valence-corrected chi connectivity index (χ3v) is 12.4. The Hall–Kier alpha value is -1.13. The normalized spacial score (nSPS) is 53.8. The lowest BCUT2D eigenvalue weighted by molar-refractivity contribution is -0.206. The number of carboxylic acid groups (broad SMARTS) is 1. The monoisotopic (exact) mass is 456 g/mol. The molecule has 3 N–H and O–H groups in total. The maximum Gasteiger partial charge on any atom is 0.312 e. The van der Waals surface area contributed by atoms with Gasteiger partial charge in [0.05, 0.1) is 6.10 Å². The lowest BCUT2D eigenvalue weighted by Crippen LogP contribution is -2.66. The van der Waals surface area contributed by atoms with E-state index in [1.165, 1.54) is 12.0 Å². The summed E-state index contributed by atoms with van der Waals surface area (Å²) in [5.41, 5.74) is 1.32. The summed E-state index contributed by atoms with van der Waals surface area (Å²) in [6.07, 6.45) is 10.7. The second-order valence-electron chi connectivity index (χ2n) is 13.5. The first-order valence-corrected chi connectivity index (χ1v) is 13.3. The van der Waals surface area contributed by atoms with Gasteiger partial charge in [-0.2, -0.15) is 0 Å². The minimum Gasteiger partial charge on any atom is -0.481 e. The van der Waals surface area contributed by atoms with Crippen molar-refractivity contribution in [1.29, 1.82) is 0 Å². The van der Waals surface area contributed by atoms with Gasteiger partial charge in [0.25, 0.3) is 0 Å². The van der Waals surface area contributed by atoms with Crippen molar-refractivity contribution < 1.29 is 20.1 Å². The molecule has 5 rings (SSSR count). The Kier molecular flexibility index (Phi) is 5.15. The topological polar surface area (TPSA) is 77.8 Å². The number of hydrogen-bond donors (Lipinski definition) is 3. The zero-order valence-corrected chi connectivity index (χ0v) is 21.1. The second kappa shape index (κ2) is 7.20. The molecule has 0 spiro atoms. The average Bonchev–Trinajstić information content (AvgIpc) is 2.74. The first kappa shape index (κ1) is 23.6. The van der Waals surface area contributed by atoms with Crippen molar-refractivity contribution in [3.05, 3.63) is 23.8 Å². The number of carbonyl (C=O) groups is 1. The highest BCUT2D eigenvalue weighted by molar-refractivity contribution is 5.78. The zero-order chi connectivity index (χ0) is 24.0. The van der Waals surface area contributed by atoms with Crippen molar-refractivity contribution in [1.82, 2.24) is 0 Å². The molecule has 0 heterocycles. The Morgan fingerprint density at radius 2 is 1.85 bits per heavy atom. The number of allylic oxidation sites excluding steroid dienone is 3. The van der Waals surface area contributed by atoms with Crippen molar-refractivity contribution in [2.75, 3.05) is 6.61 Å². The molecule has 4 nitrogen and oxygen atoms in total. The van der Waals surface area contributed by atoms with Crippen molar-refractivity contribution in [2.45, 2.75) is 98.0 Å². The van der Waals surface area contributed by atoms with Gasteiger partial charge in [0.2, 0.25) is 0 Å². The van der Waals surface area contributed by atoms with Gasteiger partial charge in [0, 0.05) is 12.5 Å². The van der Waals surface area contributed by atoms with E-state index in [9.17, 15) is 20.1 Å². The molecule has 0 amide bonds. The Labute approximate surface area is 199 Å². The van der Waals surface area contributed by atoms with E-state index >= 15 is 0 Å². The summed E-state index contributed by atoms with van der Waals surface area (Å²) in [6.45, 7) is 14.1. The summed E-state index contributed by atoms with van der Waals surface area (Å²) in [6, 6.07) is 0. The quantitative estimate of drug-likeness (QED) is 0.463. The first-order valence-electron chi connectivity index (χ1n) is 13.3. The highest BCUT2D eigenvalue weighted by Crippen LogP contribution is 2.75. The number of carboxylic acids is 1. The van der Waals surface area contributed by atoms with E-state index in [1.807, 2.05) is 0 Å². The fraction of sp³-hybridized carbons (Fsp3) is 0.828. The molecule has 0 bridgehead atoms. The van der Waals surface area contributed by atoms with Crippen molar-refractivity contribution in [3.8, 4) is 0 Å². The maximum atomic E-state index is 12.7. The lowest BCUT2D eigenvalue weighted by Gasteiger charge is -2.71. The van der Waals surface area contributed by atoms with Crippen LogP contribution in [0.5, 0.6) is 0 Å². The first-order chi connectivity index (χ1) is 15.4. The molecule has 0 aromatic rings. The highest BCUT2D eigenvalue weighted by atomic mass is 16.4. The molecule has 2 unspecified atom stereocenters. The van der Waals surface area contributed by atoms with Gasteiger partial charge < -0.3 is 15.3 Å². The molecule has 5 aliphatic carbocycles. The van der Waals surface area contributed by atoms with Gasteiger partial charge in [-0.25, -0.2) is 0 Å². The van der Waals surface area contributed by atoms with Crippen LogP contribution in [0.3, 0.4) is 0 Å². The second-order valence-corrected chi connectivity index (χ2v) is 13.5. The van der Waals surface area contributed by atoms with Crippen LogP contribution in [0.15, 0.2) is 23.8 Å². The summed E-state index contributed by atoms with van der Waals surface area (Å²) >= 11 is 0. The molecule has 0 saturated heterocycles. The number of aliphatic carboxylic acids is 1. The van der Waals surface area contributed by atoms with Gasteiger partial charge >= 0.3 is 5.97 Å². The summed E-state index contributed by atoms with van der Waals surface area (Å²) in [5, 5.41) is 32.3. The van der Waals surface area contributed by atoms with E-state index in [0.29, 0.717) is 37.5 Å². The SMILES string of the molecule is C=C1CC[C@@]2(C(=O)O)[C@H](C1)C1=CC[C@@H]3[C@@]4(C)CCCC(C)(CO)C4CC[C@@]3(C)[C@]1(C)C[C@@H]2O. The van der Waals surface area contributed by atoms with Gasteiger partial charge in [-0.15, -0.1) is 0 Å². The standard InChI is InChI=1S/C29H44O4/c1-18-9-14-29(24(32)33)20(15-18)19-7-8-22-26(3)12-6-11-25(2,17-30)21(26)10-13-27(22,4)28(19,5)16-23(29)31/h7,20-23,30-31H,1,6,8-17H2,2-5H3,(H,32,33)/t20-,21?,22-,23+,25?,26+,27-,28-,29-/m1/s1. The van der Waals surface area contributed by atoms with Gasteiger partial charge in [0.1, 0.15) is 5.41 Å².